The summed E-state index contributed by atoms with van der Waals surface area (Å²) in [5, 5.41) is 0. The molecule has 0 saturated carbocycles. The van der Waals surface area contributed by atoms with E-state index in [1.807, 2.05) is 0 Å². The Labute approximate surface area is 144 Å². The van der Waals surface area contributed by atoms with Crippen LogP contribution in [0, 0.1) is 12.0 Å². The molecule has 0 radical (unpaired) electrons. The molecule has 2 aliphatic rings. The van der Waals surface area contributed by atoms with Gasteiger partial charge >= 0.3 is 0 Å². The van der Waals surface area contributed by atoms with Crippen LogP contribution in [0.1, 0.15) is 41.0 Å². The molecule has 0 saturated heterocycles. The number of allylic oxidation sites excluding steroid dienone is 8. The van der Waals surface area contributed by atoms with Crippen molar-refractivity contribution in [2.75, 3.05) is 0 Å². The van der Waals surface area contributed by atoms with Gasteiger partial charge in [-0.05, 0) is 13.3 Å². The monoisotopic (exact) mass is 361 g/mol. The van der Waals surface area contributed by atoms with Crippen LogP contribution in [0.4, 0.5) is 0 Å². The standard InChI is InChI=1S/C9H13.C6H8.2ClH.Zr/c1-6-5-7(2)9(4)8(6)3;1-6-4-2-3-5-6;;;/h6H,1-4H3;2-4H,5H2,1H3;2*1H;/q-1;;;;/p-2. The molecule has 0 aromatic carbocycles. The molecule has 0 amide bonds. The zero-order chi connectivity index (χ0) is 11.4. The number of hydrogen-bond acceptors (Lipinski definition) is 0. The summed E-state index contributed by atoms with van der Waals surface area (Å²) in [4.78, 5) is 0. The Morgan fingerprint density at radius 3 is 1.78 bits per heavy atom. The maximum Gasteiger partial charge on any atom is 0 e. The molecule has 0 N–H and O–H groups in total. The Kier molecular flexibility index (Phi) is 14.7. The van der Waals surface area contributed by atoms with Gasteiger partial charge in [-0.25, -0.2) is 5.57 Å². The van der Waals surface area contributed by atoms with Gasteiger partial charge < -0.3 is 24.8 Å². The summed E-state index contributed by atoms with van der Waals surface area (Å²) in [5.74, 6) is 0.560. The fourth-order valence-electron chi connectivity index (χ4n) is 1.72. The van der Waals surface area contributed by atoms with Crippen molar-refractivity contribution in [2.45, 2.75) is 41.0 Å². The van der Waals surface area contributed by atoms with E-state index < -0.39 is 0 Å². The summed E-state index contributed by atoms with van der Waals surface area (Å²) in [7, 11) is 0. The summed E-state index contributed by atoms with van der Waals surface area (Å²) in [6.07, 6.45) is 10.9. The maximum absolute atomic E-state index is 3.36. The quantitative estimate of drug-likeness (QED) is 0.466. The molecule has 0 aliphatic heterocycles. The van der Waals surface area contributed by atoms with Crippen LogP contribution in [-0.2, 0) is 26.2 Å². The summed E-state index contributed by atoms with van der Waals surface area (Å²) in [5.41, 5.74) is 5.71. The Morgan fingerprint density at radius 1 is 1.11 bits per heavy atom. The summed E-state index contributed by atoms with van der Waals surface area (Å²) >= 11 is 0. The summed E-state index contributed by atoms with van der Waals surface area (Å²) in [6, 6.07) is 0. The first kappa shape index (κ1) is 23.5. The van der Waals surface area contributed by atoms with Gasteiger partial charge in [0, 0.05) is 26.2 Å². The van der Waals surface area contributed by atoms with Crippen molar-refractivity contribution in [3.05, 3.63) is 46.6 Å². The first-order valence-electron chi connectivity index (χ1n) is 5.62. The molecule has 2 rings (SSSR count). The van der Waals surface area contributed by atoms with Gasteiger partial charge in [0.15, 0.2) is 0 Å². The average Bonchev–Trinajstić information content (AvgIpc) is 2.73. The Morgan fingerprint density at radius 2 is 1.67 bits per heavy atom. The van der Waals surface area contributed by atoms with Gasteiger partial charge in [0.1, 0.15) is 0 Å². The third kappa shape index (κ3) is 7.12. The van der Waals surface area contributed by atoms with Gasteiger partial charge in [0.25, 0.3) is 0 Å². The molecular formula is C15H21Cl2Zr-3. The minimum Gasteiger partial charge on any atom is -1.00 e. The largest absolute Gasteiger partial charge is 1.00 e. The van der Waals surface area contributed by atoms with E-state index in [-0.39, 0.29) is 51.0 Å². The SMILES string of the molecule is CC1=CC=CC1.CC1=[C-]C(C)C(C)=C1C.[Cl-].[Cl-].[Zr]. The molecule has 0 fully saturated rings. The fourth-order valence-corrected chi connectivity index (χ4v) is 1.72. The van der Waals surface area contributed by atoms with Crippen molar-refractivity contribution < 1.29 is 51.0 Å². The normalized spacial score (nSPS) is 19.7. The van der Waals surface area contributed by atoms with E-state index in [0.717, 1.165) is 0 Å². The van der Waals surface area contributed by atoms with E-state index >= 15 is 0 Å². The average molecular weight is 363 g/mol. The van der Waals surface area contributed by atoms with Crippen LogP contribution < -0.4 is 24.8 Å². The molecule has 102 valence electrons. The van der Waals surface area contributed by atoms with Crippen LogP contribution in [0.25, 0.3) is 0 Å². The third-order valence-corrected chi connectivity index (χ3v) is 3.19. The van der Waals surface area contributed by atoms with Gasteiger partial charge in [-0.3, -0.25) is 6.08 Å². The smallest absolute Gasteiger partial charge is 0 e. The van der Waals surface area contributed by atoms with Crippen LogP contribution in [-0.4, -0.2) is 0 Å². The first-order chi connectivity index (χ1) is 7.02. The molecule has 1 atom stereocenters. The molecule has 0 bridgehead atoms. The van der Waals surface area contributed by atoms with E-state index in [4.69, 9.17) is 0 Å². The van der Waals surface area contributed by atoms with Crippen LogP contribution in [0.5, 0.6) is 0 Å². The third-order valence-electron chi connectivity index (χ3n) is 3.19. The Balaban J connectivity index is -0.000000225. The zero-order valence-electron chi connectivity index (χ0n) is 11.8. The van der Waals surface area contributed by atoms with E-state index in [0.29, 0.717) is 5.92 Å². The van der Waals surface area contributed by atoms with Crippen LogP contribution in [0.3, 0.4) is 0 Å². The molecule has 18 heavy (non-hydrogen) atoms. The molecule has 3 heteroatoms. The molecule has 0 heterocycles. The second-order valence-electron chi connectivity index (χ2n) is 4.44. The zero-order valence-corrected chi connectivity index (χ0v) is 15.7. The second kappa shape index (κ2) is 11.3. The fraction of sp³-hybridized carbons (Fsp3) is 0.467. The molecule has 2 aliphatic carbocycles. The van der Waals surface area contributed by atoms with Crippen molar-refractivity contribution in [1.82, 2.24) is 0 Å². The van der Waals surface area contributed by atoms with Crippen LogP contribution in [0.15, 0.2) is 40.5 Å². The van der Waals surface area contributed by atoms with Crippen molar-refractivity contribution in [1.29, 1.82) is 0 Å². The predicted molar refractivity (Wildman–Crippen MR) is 67.5 cm³/mol. The molecule has 0 aromatic rings. The van der Waals surface area contributed by atoms with Crippen LogP contribution >= 0.6 is 0 Å². The molecule has 1 unspecified atom stereocenters. The summed E-state index contributed by atoms with van der Waals surface area (Å²) in [6.45, 7) is 10.8. The first-order valence-corrected chi connectivity index (χ1v) is 5.62. The number of hydrogen-bond donors (Lipinski definition) is 0. The molecule has 0 spiro atoms. The van der Waals surface area contributed by atoms with Gasteiger partial charge in [-0.2, -0.15) is 11.1 Å². The maximum atomic E-state index is 3.36. The van der Waals surface area contributed by atoms with Gasteiger partial charge in [-0.15, -0.1) is 6.92 Å². The van der Waals surface area contributed by atoms with Crippen molar-refractivity contribution in [3.63, 3.8) is 0 Å². The van der Waals surface area contributed by atoms with Crippen molar-refractivity contribution in [3.8, 4) is 0 Å². The van der Waals surface area contributed by atoms with Crippen LogP contribution in [0.2, 0.25) is 0 Å². The van der Waals surface area contributed by atoms with Gasteiger partial charge in [-0.1, -0.05) is 50.5 Å². The van der Waals surface area contributed by atoms with Gasteiger partial charge in [0.05, 0.1) is 0 Å². The topological polar surface area (TPSA) is 0 Å². The minimum absolute atomic E-state index is 0. The second-order valence-corrected chi connectivity index (χ2v) is 4.44. The van der Waals surface area contributed by atoms with Gasteiger partial charge in [0.2, 0.25) is 0 Å². The van der Waals surface area contributed by atoms with E-state index in [1.165, 1.54) is 28.7 Å². The summed E-state index contributed by atoms with van der Waals surface area (Å²) < 4.78 is 0. The van der Waals surface area contributed by atoms with Crippen molar-refractivity contribution in [2.24, 2.45) is 5.92 Å². The Hall–Kier alpha value is 0.423. The minimum atomic E-state index is 0. The van der Waals surface area contributed by atoms with E-state index in [2.05, 4.69) is 58.9 Å². The number of rotatable bonds is 0. The molecular weight excluding hydrogens is 342 g/mol. The Bertz CT molecular complexity index is 363. The predicted octanol–water partition coefficient (Wildman–Crippen LogP) is -1.38. The number of halogens is 2. The van der Waals surface area contributed by atoms with E-state index in [1.54, 1.807) is 0 Å². The molecule has 0 nitrogen and oxygen atoms in total. The molecule has 0 aromatic heterocycles. The van der Waals surface area contributed by atoms with Crippen molar-refractivity contribution >= 4 is 0 Å². The van der Waals surface area contributed by atoms with E-state index in [9.17, 15) is 0 Å².